The van der Waals surface area contributed by atoms with E-state index in [4.69, 9.17) is 23.2 Å². The molecule has 2 rings (SSSR count). The molecule has 0 bridgehead atoms. The lowest BCUT2D eigenvalue weighted by atomic mass is 10.1. The quantitative estimate of drug-likeness (QED) is 0.583. The summed E-state index contributed by atoms with van der Waals surface area (Å²) in [7, 11) is 0. The Kier molecular flexibility index (Phi) is 7.64. The molecule has 2 aromatic carbocycles. The first kappa shape index (κ1) is 20.7. The van der Waals surface area contributed by atoms with Gasteiger partial charge in [-0.1, -0.05) is 23.2 Å². The number of carbonyl (C=O) groups excluding carboxylic acids is 2. The van der Waals surface area contributed by atoms with Crippen LogP contribution >= 0.6 is 23.2 Å². The molecular weight excluding hydrogens is 391 g/mol. The van der Waals surface area contributed by atoms with Gasteiger partial charge in [-0.05, 0) is 61.4 Å². The second-order valence-electron chi connectivity index (χ2n) is 5.78. The van der Waals surface area contributed by atoms with Gasteiger partial charge in [0.25, 0.3) is 11.8 Å². The number of hydrogen-bond donors (Lipinski definition) is 3. The summed E-state index contributed by atoms with van der Waals surface area (Å²) < 4.78 is 0. The van der Waals surface area contributed by atoms with Gasteiger partial charge in [0.1, 0.15) is 6.04 Å². The Morgan fingerprint density at radius 3 is 1.81 bits per heavy atom. The summed E-state index contributed by atoms with van der Waals surface area (Å²) >= 11 is 11.5. The van der Waals surface area contributed by atoms with E-state index in [2.05, 4.69) is 10.6 Å². The van der Waals surface area contributed by atoms with Gasteiger partial charge in [-0.2, -0.15) is 0 Å². The van der Waals surface area contributed by atoms with Crippen LogP contribution in [0.15, 0.2) is 48.5 Å². The Bertz CT molecular complexity index is 807. The molecule has 1 atom stereocenters. The van der Waals surface area contributed by atoms with Crippen molar-refractivity contribution in [2.24, 2.45) is 0 Å². The largest absolute Gasteiger partial charge is 0.480 e. The maximum Gasteiger partial charge on any atom is 0.326 e. The zero-order valence-electron chi connectivity index (χ0n) is 14.2. The molecule has 0 aliphatic carbocycles. The molecule has 6 nitrogen and oxygen atoms in total. The highest BCUT2D eigenvalue weighted by Crippen LogP contribution is 2.11. The molecule has 8 heteroatoms. The molecule has 0 heterocycles. The lowest BCUT2D eigenvalue weighted by Crippen LogP contribution is -2.41. The standard InChI is InChI=1S/C19H18Cl2N2O4/c20-14-7-3-12(4-8-14)17(24)22-11-1-2-16(19(26)27)23-18(25)13-5-9-15(21)10-6-13/h3-10,16H,1-2,11H2,(H,22,24)(H,23,25)(H,26,27)/t16-/m0/s1. The number of benzene rings is 2. The first-order chi connectivity index (χ1) is 12.9. The Morgan fingerprint density at radius 1 is 0.852 bits per heavy atom. The van der Waals surface area contributed by atoms with Crippen molar-refractivity contribution in [1.82, 2.24) is 10.6 Å². The second kappa shape index (κ2) is 9.94. The zero-order chi connectivity index (χ0) is 19.8. The molecule has 0 aliphatic heterocycles. The van der Waals surface area contributed by atoms with Crippen molar-refractivity contribution in [2.45, 2.75) is 18.9 Å². The molecule has 0 saturated heterocycles. The predicted octanol–water partition coefficient (Wildman–Crippen LogP) is 3.39. The molecular formula is C19H18Cl2N2O4. The van der Waals surface area contributed by atoms with E-state index in [0.29, 0.717) is 27.6 Å². The fourth-order valence-corrected chi connectivity index (χ4v) is 2.56. The van der Waals surface area contributed by atoms with E-state index in [9.17, 15) is 19.5 Å². The Balaban J connectivity index is 1.81. The van der Waals surface area contributed by atoms with Crippen LogP contribution in [0, 0.1) is 0 Å². The van der Waals surface area contributed by atoms with Crippen LogP contribution in [0.1, 0.15) is 33.6 Å². The van der Waals surface area contributed by atoms with Gasteiger partial charge >= 0.3 is 5.97 Å². The van der Waals surface area contributed by atoms with E-state index >= 15 is 0 Å². The van der Waals surface area contributed by atoms with Crippen LogP contribution in [0.3, 0.4) is 0 Å². The first-order valence-electron chi connectivity index (χ1n) is 8.20. The van der Waals surface area contributed by atoms with Crippen molar-refractivity contribution >= 4 is 41.0 Å². The fraction of sp³-hybridized carbons (Fsp3) is 0.211. The van der Waals surface area contributed by atoms with E-state index in [0.717, 1.165) is 0 Å². The van der Waals surface area contributed by atoms with E-state index in [1.165, 1.54) is 12.1 Å². The SMILES string of the molecule is O=C(NCCC[C@H](NC(=O)c1ccc(Cl)cc1)C(=O)O)c1ccc(Cl)cc1. The minimum atomic E-state index is -1.14. The third-order valence-corrected chi connectivity index (χ3v) is 4.28. The Morgan fingerprint density at radius 2 is 1.33 bits per heavy atom. The molecule has 0 spiro atoms. The Labute approximate surface area is 166 Å². The smallest absolute Gasteiger partial charge is 0.326 e. The van der Waals surface area contributed by atoms with Crippen LogP contribution in [-0.2, 0) is 4.79 Å². The van der Waals surface area contributed by atoms with Gasteiger partial charge < -0.3 is 15.7 Å². The molecule has 2 amide bonds. The molecule has 0 unspecified atom stereocenters. The minimum absolute atomic E-state index is 0.176. The van der Waals surface area contributed by atoms with Gasteiger partial charge in [0, 0.05) is 27.7 Å². The summed E-state index contributed by atoms with van der Waals surface area (Å²) in [6.07, 6.45) is 0.562. The van der Waals surface area contributed by atoms with Crippen LogP contribution in [0.4, 0.5) is 0 Å². The number of halogens is 2. The number of carbonyl (C=O) groups is 3. The lowest BCUT2D eigenvalue weighted by Gasteiger charge is -2.15. The van der Waals surface area contributed by atoms with Gasteiger partial charge in [-0.3, -0.25) is 9.59 Å². The first-order valence-corrected chi connectivity index (χ1v) is 8.95. The summed E-state index contributed by atoms with van der Waals surface area (Å²) in [5, 5.41) is 15.5. The van der Waals surface area contributed by atoms with E-state index in [1.54, 1.807) is 36.4 Å². The van der Waals surface area contributed by atoms with Crippen LogP contribution in [-0.4, -0.2) is 35.5 Å². The van der Waals surface area contributed by atoms with Crippen LogP contribution in [0.25, 0.3) is 0 Å². The zero-order valence-corrected chi connectivity index (χ0v) is 15.8. The molecule has 3 N–H and O–H groups in total. The number of carboxylic acids is 1. The van der Waals surface area contributed by atoms with Crippen LogP contribution in [0.2, 0.25) is 10.0 Å². The third-order valence-electron chi connectivity index (χ3n) is 3.77. The van der Waals surface area contributed by atoms with Crippen molar-refractivity contribution < 1.29 is 19.5 Å². The maximum atomic E-state index is 12.1. The monoisotopic (exact) mass is 408 g/mol. The summed E-state index contributed by atoms with van der Waals surface area (Å²) in [6.45, 7) is 0.280. The normalized spacial score (nSPS) is 11.5. The van der Waals surface area contributed by atoms with Crippen molar-refractivity contribution in [3.8, 4) is 0 Å². The molecule has 0 aliphatic rings. The number of aliphatic carboxylic acids is 1. The van der Waals surface area contributed by atoms with Crippen molar-refractivity contribution in [2.75, 3.05) is 6.54 Å². The molecule has 142 valence electrons. The van der Waals surface area contributed by atoms with Crippen molar-refractivity contribution in [1.29, 1.82) is 0 Å². The van der Waals surface area contributed by atoms with Crippen LogP contribution < -0.4 is 10.6 Å². The number of carboxylic acid groups (broad SMARTS) is 1. The van der Waals surface area contributed by atoms with Crippen molar-refractivity contribution in [3.63, 3.8) is 0 Å². The molecule has 2 aromatic rings. The highest BCUT2D eigenvalue weighted by atomic mass is 35.5. The van der Waals surface area contributed by atoms with Gasteiger partial charge in [-0.15, -0.1) is 0 Å². The lowest BCUT2D eigenvalue weighted by molar-refractivity contribution is -0.139. The summed E-state index contributed by atoms with van der Waals surface area (Å²) in [5.74, 6) is -1.91. The number of hydrogen-bond acceptors (Lipinski definition) is 3. The fourth-order valence-electron chi connectivity index (χ4n) is 2.31. The average molecular weight is 409 g/mol. The van der Waals surface area contributed by atoms with E-state index in [1.807, 2.05) is 0 Å². The van der Waals surface area contributed by atoms with E-state index < -0.39 is 17.9 Å². The number of nitrogens with one attached hydrogen (secondary N) is 2. The van der Waals surface area contributed by atoms with Gasteiger partial charge in [0.05, 0.1) is 0 Å². The molecule has 0 radical (unpaired) electrons. The third kappa shape index (κ3) is 6.58. The topological polar surface area (TPSA) is 95.5 Å². The van der Waals surface area contributed by atoms with Crippen molar-refractivity contribution in [3.05, 3.63) is 69.7 Å². The second-order valence-corrected chi connectivity index (χ2v) is 6.65. The highest BCUT2D eigenvalue weighted by molar-refractivity contribution is 6.31. The molecule has 0 aromatic heterocycles. The molecule has 27 heavy (non-hydrogen) atoms. The Hall–Kier alpha value is -2.57. The van der Waals surface area contributed by atoms with Gasteiger partial charge in [0.15, 0.2) is 0 Å². The summed E-state index contributed by atoms with van der Waals surface area (Å²) in [5.41, 5.74) is 0.784. The van der Waals surface area contributed by atoms with Gasteiger partial charge in [0.2, 0.25) is 0 Å². The highest BCUT2D eigenvalue weighted by Gasteiger charge is 2.20. The number of amides is 2. The predicted molar refractivity (Wildman–Crippen MR) is 103 cm³/mol. The van der Waals surface area contributed by atoms with E-state index in [-0.39, 0.29) is 18.9 Å². The van der Waals surface area contributed by atoms with Crippen LogP contribution in [0.5, 0.6) is 0 Å². The summed E-state index contributed by atoms with van der Waals surface area (Å²) in [4.78, 5) is 35.5. The number of rotatable bonds is 8. The average Bonchev–Trinajstić information content (AvgIpc) is 2.64. The minimum Gasteiger partial charge on any atom is -0.480 e. The summed E-state index contributed by atoms with van der Waals surface area (Å²) in [6, 6.07) is 11.5. The maximum absolute atomic E-state index is 12.1. The van der Waals surface area contributed by atoms with Gasteiger partial charge in [-0.25, -0.2) is 4.79 Å². The molecule has 0 fully saturated rings. The molecule has 0 saturated carbocycles.